The average molecular weight is 364 g/mol. The third kappa shape index (κ3) is 3.59. The molecule has 1 fully saturated rings. The van der Waals surface area contributed by atoms with Gasteiger partial charge in [-0.3, -0.25) is 4.79 Å². The number of morpholine rings is 1. The van der Waals surface area contributed by atoms with Crippen molar-refractivity contribution in [3.8, 4) is 0 Å². The van der Waals surface area contributed by atoms with Gasteiger partial charge in [0.25, 0.3) is 5.91 Å². The molecule has 24 heavy (non-hydrogen) atoms. The smallest absolute Gasteiger partial charge is 0.254 e. The first-order valence-electron chi connectivity index (χ1n) is 7.89. The molecule has 0 aromatic heterocycles. The summed E-state index contributed by atoms with van der Waals surface area (Å²) in [6.45, 7) is 5.59. The minimum absolute atomic E-state index is 0.0425. The van der Waals surface area contributed by atoms with Crippen molar-refractivity contribution in [3.05, 3.63) is 68.7 Å². The number of hydrogen-bond donors (Lipinski definition) is 0. The Morgan fingerprint density at radius 3 is 2.62 bits per heavy atom. The van der Waals surface area contributed by atoms with Crippen LogP contribution in [0.25, 0.3) is 0 Å². The van der Waals surface area contributed by atoms with Gasteiger partial charge in [0, 0.05) is 12.1 Å². The van der Waals surface area contributed by atoms with Crippen molar-refractivity contribution < 1.29 is 9.53 Å². The quantitative estimate of drug-likeness (QED) is 0.764. The number of ether oxygens (including phenoxy) is 1. The lowest BCUT2D eigenvalue weighted by molar-refractivity contribution is -0.0228. The van der Waals surface area contributed by atoms with E-state index >= 15 is 0 Å². The predicted octanol–water partition coefficient (Wildman–Crippen LogP) is 4.82. The third-order valence-corrected chi connectivity index (χ3v) is 5.02. The van der Waals surface area contributed by atoms with Gasteiger partial charge in [-0.25, -0.2) is 0 Å². The zero-order chi connectivity index (χ0) is 17.3. The molecule has 0 radical (unpaired) electrons. The van der Waals surface area contributed by atoms with Crippen molar-refractivity contribution in [2.24, 2.45) is 0 Å². The predicted molar refractivity (Wildman–Crippen MR) is 97.0 cm³/mol. The monoisotopic (exact) mass is 363 g/mol. The molecule has 1 atom stereocenters. The minimum Gasteiger partial charge on any atom is -0.370 e. The van der Waals surface area contributed by atoms with Crippen molar-refractivity contribution in [3.63, 3.8) is 0 Å². The second kappa shape index (κ2) is 7.14. The minimum atomic E-state index is -0.191. The van der Waals surface area contributed by atoms with Crippen molar-refractivity contribution in [2.75, 3.05) is 19.7 Å². The van der Waals surface area contributed by atoms with Crippen molar-refractivity contribution >= 4 is 29.1 Å². The van der Waals surface area contributed by atoms with E-state index in [0.29, 0.717) is 29.7 Å². The summed E-state index contributed by atoms with van der Waals surface area (Å²) in [6.07, 6.45) is -0.191. The Labute approximate surface area is 152 Å². The average Bonchev–Trinajstić information content (AvgIpc) is 2.57. The summed E-state index contributed by atoms with van der Waals surface area (Å²) in [5.41, 5.74) is 3.83. The SMILES string of the molecule is Cc1ccc(C(=O)N2CCO[C@H](c3ccc(Cl)c(Cl)c3)C2)c(C)c1. The molecule has 126 valence electrons. The van der Waals surface area contributed by atoms with Crippen LogP contribution >= 0.6 is 23.2 Å². The summed E-state index contributed by atoms with van der Waals surface area (Å²) < 4.78 is 5.83. The fraction of sp³-hybridized carbons (Fsp3) is 0.316. The highest BCUT2D eigenvalue weighted by molar-refractivity contribution is 6.42. The van der Waals surface area contributed by atoms with Gasteiger partial charge in [0.15, 0.2) is 0 Å². The molecule has 3 rings (SSSR count). The maximum absolute atomic E-state index is 12.9. The van der Waals surface area contributed by atoms with E-state index in [1.807, 2.05) is 43.0 Å². The van der Waals surface area contributed by atoms with E-state index in [4.69, 9.17) is 27.9 Å². The molecule has 0 unspecified atom stereocenters. The molecule has 1 aliphatic rings. The molecule has 0 N–H and O–H groups in total. The number of amides is 1. The van der Waals surface area contributed by atoms with Crippen LogP contribution in [-0.4, -0.2) is 30.5 Å². The van der Waals surface area contributed by atoms with Crippen molar-refractivity contribution in [1.29, 1.82) is 0 Å². The molecule has 5 heteroatoms. The van der Waals surface area contributed by atoms with Gasteiger partial charge < -0.3 is 9.64 Å². The number of halogens is 2. The third-order valence-electron chi connectivity index (χ3n) is 4.28. The molecule has 1 saturated heterocycles. The summed E-state index contributed by atoms with van der Waals surface area (Å²) in [7, 11) is 0. The number of carbonyl (C=O) groups is 1. The summed E-state index contributed by atoms with van der Waals surface area (Å²) in [5, 5.41) is 1.01. The first-order valence-corrected chi connectivity index (χ1v) is 8.64. The lowest BCUT2D eigenvalue weighted by Crippen LogP contribution is -2.42. The standard InChI is InChI=1S/C19H19Cl2NO2/c1-12-3-5-15(13(2)9-12)19(23)22-7-8-24-18(11-22)14-4-6-16(20)17(21)10-14/h3-6,9-10,18H,7-8,11H2,1-2H3/t18-/m0/s1. The maximum atomic E-state index is 12.9. The lowest BCUT2D eigenvalue weighted by Gasteiger charge is -2.33. The number of nitrogens with zero attached hydrogens (tertiary/aromatic N) is 1. The molecular formula is C19H19Cl2NO2. The fourth-order valence-corrected chi connectivity index (χ4v) is 3.28. The van der Waals surface area contributed by atoms with Gasteiger partial charge in [0.05, 0.1) is 23.2 Å². The molecule has 0 spiro atoms. The topological polar surface area (TPSA) is 29.5 Å². The van der Waals surface area contributed by atoms with E-state index in [2.05, 4.69) is 0 Å². The van der Waals surface area contributed by atoms with Gasteiger partial charge in [-0.1, -0.05) is 47.0 Å². The van der Waals surface area contributed by atoms with Gasteiger partial charge in [-0.15, -0.1) is 0 Å². The first-order chi connectivity index (χ1) is 11.5. The molecule has 1 heterocycles. The second-order valence-corrected chi connectivity index (χ2v) is 6.92. The molecule has 0 bridgehead atoms. The first kappa shape index (κ1) is 17.3. The normalized spacial score (nSPS) is 17.8. The van der Waals surface area contributed by atoms with E-state index < -0.39 is 0 Å². The molecule has 2 aromatic rings. The van der Waals surface area contributed by atoms with Crippen LogP contribution < -0.4 is 0 Å². The van der Waals surface area contributed by atoms with Gasteiger partial charge in [-0.05, 0) is 43.2 Å². The number of aryl methyl sites for hydroxylation is 2. The van der Waals surface area contributed by atoms with Crippen LogP contribution in [0.1, 0.15) is 33.2 Å². The largest absolute Gasteiger partial charge is 0.370 e. The van der Waals surface area contributed by atoms with E-state index in [0.717, 1.165) is 22.3 Å². The van der Waals surface area contributed by atoms with E-state index in [1.165, 1.54) is 0 Å². The molecule has 2 aromatic carbocycles. The van der Waals surface area contributed by atoms with Crippen LogP contribution in [0.3, 0.4) is 0 Å². The summed E-state index contributed by atoms with van der Waals surface area (Å²) >= 11 is 12.1. The Morgan fingerprint density at radius 2 is 1.92 bits per heavy atom. The van der Waals surface area contributed by atoms with Crippen LogP contribution in [-0.2, 0) is 4.74 Å². The molecular weight excluding hydrogens is 345 g/mol. The Balaban J connectivity index is 1.79. The van der Waals surface area contributed by atoms with Crippen LogP contribution in [0.4, 0.5) is 0 Å². The Bertz CT molecular complexity index is 776. The van der Waals surface area contributed by atoms with Crippen LogP contribution in [0.15, 0.2) is 36.4 Å². The van der Waals surface area contributed by atoms with Crippen LogP contribution in [0, 0.1) is 13.8 Å². The highest BCUT2D eigenvalue weighted by Crippen LogP contribution is 2.29. The number of rotatable bonds is 2. The second-order valence-electron chi connectivity index (χ2n) is 6.10. The van der Waals surface area contributed by atoms with Gasteiger partial charge >= 0.3 is 0 Å². The van der Waals surface area contributed by atoms with Gasteiger partial charge in [-0.2, -0.15) is 0 Å². The summed E-state index contributed by atoms with van der Waals surface area (Å²) in [5.74, 6) is 0.0425. The molecule has 3 nitrogen and oxygen atoms in total. The molecule has 1 aliphatic heterocycles. The van der Waals surface area contributed by atoms with Gasteiger partial charge in [0.1, 0.15) is 6.10 Å². The van der Waals surface area contributed by atoms with Gasteiger partial charge in [0.2, 0.25) is 0 Å². The number of benzene rings is 2. The lowest BCUT2D eigenvalue weighted by atomic mass is 10.0. The van der Waals surface area contributed by atoms with Crippen molar-refractivity contribution in [2.45, 2.75) is 20.0 Å². The highest BCUT2D eigenvalue weighted by Gasteiger charge is 2.27. The molecule has 1 amide bonds. The van der Waals surface area contributed by atoms with Crippen molar-refractivity contribution in [1.82, 2.24) is 4.90 Å². The Hall–Kier alpha value is -1.55. The van der Waals surface area contributed by atoms with E-state index in [1.54, 1.807) is 12.1 Å². The van der Waals surface area contributed by atoms with Crippen LogP contribution in [0.5, 0.6) is 0 Å². The Kier molecular flexibility index (Phi) is 5.14. The maximum Gasteiger partial charge on any atom is 0.254 e. The number of hydrogen-bond acceptors (Lipinski definition) is 2. The zero-order valence-corrected chi connectivity index (χ0v) is 15.2. The summed E-state index contributed by atoms with van der Waals surface area (Å²) in [4.78, 5) is 14.7. The van der Waals surface area contributed by atoms with E-state index in [-0.39, 0.29) is 12.0 Å². The molecule has 0 aliphatic carbocycles. The van der Waals surface area contributed by atoms with E-state index in [9.17, 15) is 4.79 Å². The highest BCUT2D eigenvalue weighted by atomic mass is 35.5. The fourth-order valence-electron chi connectivity index (χ4n) is 2.97. The Morgan fingerprint density at radius 1 is 1.12 bits per heavy atom. The van der Waals surface area contributed by atoms with Crippen LogP contribution in [0.2, 0.25) is 10.0 Å². The zero-order valence-electron chi connectivity index (χ0n) is 13.7. The summed E-state index contributed by atoms with van der Waals surface area (Å²) in [6, 6.07) is 11.4. The molecule has 0 saturated carbocycles. The number of carbonyl (C=O) groups excluding carboxylic acids is 1.